The maximum atomic E-state index is 5.51. The first-order valence-electron chi connectivity index (χ1n) is 8.39. The van der Waals surface area contributed by atoms with Crippen LogP contribution < -0.4 is 15.5 Å². The molecule has 1 aromatic rings. The number of nitrogens with one attached hydrogen (secondary N) is 2. The van der Waals surface area contributed by atoms with Crippen molar-refractivity contribution < 1.29 is 9.47 Å². The maximum Gasteiger partial charge on any atom is 0.191 e. The number of halogens is 1. The molecule has 0 radical (unpaired) electrons. The SMILES string of the molecule is CCCCOCCOCCNC(=NC)NCc1csc(N(C)C)n1.I. The molecule has 0 unspecified atom stereocenters. The summed E-state index contributed by atoms with van der Waals surface area (Å²) in [5.74, 6) is 0.747. The molecule has 0 aliphatic carbocycles. The third kappa shape index (κ3) is 11.6. The minimum Gasteiger partial charge on any atom is -0.379 e. The monoisotopic (exact) mass is 485 g/mol. The number of nitrogens with zero attached hydrogens (tertiary/aromatic N) is 3. The summed E-state index contributed by atoms with van der Waals surface area (Å²) in [6, 6.07) is 0. The Balaban J connectivity index is 0.00000576. The van der Waals surface area contributed by atoms with Crippen LogP contribution in [0, 0.1) is 0 Å². The van der Waals surface area contributed by atoms with Gasteiger partial charge in [-0.1, -0.05) is 13.3 Å². The summed E-state index contributed by atoms with van der Waals surface area (Å²) in [5, 5.41) is 9.52. The summed E-state index contributed by atoms with van der Waals surface area (Å²) in [7, 11) is 5.74. The Bertz CT molecular complexity index is 471. The third-order valence-electron chi connectivity index (χ3n) is 3.14. The summed E-state index contributed by atoms with van der Waals surface area (Å²) in [6.07, 6.45) is 2.27. The van der Waals surface area contributed by atoms with Gasteiger partial charge in [-0.15, -0.1) is 35.3 Å². The van der Waals surface area contributed by atoms with Gasteiger partial charge in [0.2, 0.25) is 0 Å². The molecular weight excluding hydrogens is 453 g/mol. The minimum atomic E-state index is 0. The quantitative estimate of drug-likeness (QED) is 0.205. The van der Waals surface area contributed by atoms with Gasteiger partial charge in [0.25, 0.3) is 0 Å². The van der Waals surface area contributed by atoms with E-state index >= 15 is 0 Å². The van der Waals surface area contributed by atoms with Crippen LogP contribution in [0.1, 0.15) is 25.5 Å². The van der Waals surface area contributed by atoms with E-state index in [-0.39, 0.29) is 24.0 Å². The standard InChI is InChI=1S/C16H31N5O2S.HI/c1-5-6-8-22-10-11-23-9-7-18-15(17-2)19-12-14-13-24-16(20-14)21(3)4;/h13H,5-12H2,1-4H3,(H2,17,18,19);1H. The molecule has 0 saturated heterocycles. The van der Waals surface area contributed by atoms with Crippen molar-refractivity contribution in [2.75, 3.05) is 59.0 Å². The number of rotatable bonds is 12. The molecule has 0 aliphatic rings. The van der Waals surface area contributed by atoms with E-state index in [9.17, 15) is 0 Å². The summed E-state index contributed by atoms with van der Waals surface area (Å²) >= 11 is 1.63. The lowest BCUT2D eigenvalue weighted by molar-refractivity contribution is 0.0487. The highest BCUT2D eigenvalue weighted by atomic mass is 127. The molecule has 0 aromatic carbocycles. The van der Waals surface area contributed by atoms with Gasteiger partial charge < -0.3 is 25.0 Å². The molecule has 0 spiro atoms. The lowest BCUT2D eigenvalue weighted by atomic mass is 10.4. The Morgan fingerprint density at radius 1 is 1.20 bits per heavy atom. The van der Waals surface area contributed by atoms with E-state index in [2.05, 4.69) is 32.9 Å². The van der Waals surface area contributed by atoms with Gasteiger partial charge in [-0.25, -0.2) is 4.98 Å². The van der Waals surface area contributed by atoms with Crippen molar-refractivity contribution in [2.24, 2.45) is 4.99 Å². The normalized spacial score (nSPS) is 11.1. The zero-order chi connectivity index (χ0) is 17.6. The molecule has 0 fully saturated rings. The van der Waals surface area contributed by atoms with Gasteiger partial charge in [0.15, 0.2) is 11.1 Å². The fourth-order valence-corrected chi connectivity index (χ4v) is 2.55. The third-order valence-corrected chi connectivity index (χ3v) is 4.19. The number of aromatic nitrogens is 1. The van der Waals surface area contributed by atoms with Crippen LogP contribution in [0.3, 0.4) is 0 Å². The van der Waals surface area contributed by atoms with Crippen LogP contribution in [0.5, 0.6) is 0 Å². The maximum absolute atomic E-state index is 5.51. The molecule has 9 heteroatoms. The van der Waals surface area contributed by atoms with E-state index in [1.807, 2.05) is 19.0 Å². The molecule has 1 aromatic heterocycles. The first kappa shape index (κ1) is 24.4. The van der Waals surface area contributed by atoms with Crippen molar-refractivity contribution in [1.82, 2.24) is 15.6 Å². The number of anilines is 1. The molecule has 25 heavy (non-hydrogen) atoms. The van der Waals surface area contributed by atoms with Crippen LogP contribution in [0.25, 0.3) is 0 Å². The van der Waals surface area contributed by atoms with E-state index < -0.39 is 0 Å². The molecule has 0 amide bonds. The minimum absolute atomic E-state index is 0. The number of ether oxygens (including phenoxy) is 2. The van der Waals surface area contributed by atoms with Crippen LogP contribution in [0.15, 0.2) is 10.4 Å². The lowest BCUT2D eigenvalue weighted by Crippen LogP contribution is -2.38. The second-order valence-corrected chi connectivity index (χ2v) is 6.28. The Kier molecular flexibility index (Phi) is 15.2. The zero-order valence-electron chi connectivity index (χ0n) is 15.7. The summed E-state index contributed by atoms with van der Waals surface area (Å²) in [4.78, 5) is 10.7. The average Bonchev–Trinajstić information content (AvgIpc) is 3.05. The molecule has 0 aliphatic heterocycles. The second-order valence-electron chi connectivity index (χ2n) is 5.45. The number of guanidine groups is 1. The van der Waals surface area contributed by atoms with Gasteiger partial charge in [0, 0.05) is 39.7 Å². The van der Waals surface area contributed by atoms with Crippen molar-refractivity contribution in [3.63, 3.8) is 0 Å². The summed E-state index contributed by atoms with van der Waals surface area (Å²) < 4.78 is 11.0. The zero-order valence-corrected chi connectivity index (χ0v) is 18.9. The molecular formula is C16H32IN5O2S. The fraction of sp³-hybridized carbons (Fsp3) is 0.750. The summed E-state index contributed by atoms with van der Waals surface area (Å²) in [5.41, 5.74) is 1.01. The Labute approximate surface area is 172 Å². The number of thiazole rings is 1. The van der Waals surface area contributed by atoms with Crippen molar-refractivity contribution in [3.05, 3.63) is 11.1 Å². The average molecular weight is 485 g/mol. The smallest absolute Gasteiger partial charge is 0.191 e. The first-order chi connectivity index (χ1) is 11.7. The highest BCUT2D eigenvalue weighted by molar-refractivity contribution is 14.0. The predicted octanol–water partition coefficient (Wildman–Crippen LogP) is 2.33. The van der Waals surface area contributed by atoms with Gasteiger partial charge in [0.1, 0.15) is 0 Å². The Hall–Kier alpha value is -0.650. The molecule has 146 valence electrons. The van der Waals surface area contributed by atoms with Crippen LogP contribution in [0.4, 0.5) is 5.13 Å². The van der Waals surface area contributed by atoms with E-state index in [0.29, 0.717) is 32.9 Å². The number of hydrogen-bond donors (Lipinski definition) is 2. The Morgan fingerprint density at radius 3 is 2.52 bits per heavy atom. The highest BCUT2D eigenvalue weighted by Crippen LogP contribution is 2.17. The van der Waals surface area contributed by atoms with Gasteiger partial charge >= 0.3 is 0 Å². The van der Waals surface area contributed by atoms with Gasteiger partial charge in [-0.2, -0.15) is 0 Å². The van der Waals surface area contributed by atoms with Crippen LogP contribution in [0.2, 0.25) is 0 Å². The van der Waals surface area contributed by atoms with E-state index in [1.165, 1.54) is 0 Å². The number of aliphatic imine (C=N–C) groups is 1. The van der Waals surface area contributed by atoms with Crippen molar-refractivity contribution in [3.8, 4) is 0 Å². The largest absolute Gasteiger partial charge is 0.379 e. The van der Waals surface area contributed by atoms with Crippen molar-refractivity contribution in [2.45, 2.75) is 26.3 Å². The van der Waals surface area contributed by atoms with Crippen LogP contribution in [-0.4, -0.2) is 65.1 Å². The molecule has 1 heterocycles. The molecule has 0 atom stereocenters. The van der Waals surface area contributed by atoms with Crippen molar-refractivity contribution in [1.29, 1.82) is 0 Å². The summed E-state index contributed by atoms with van der Waals surface area (Å²) in [6.45, 7) is 6.24. The Morgan fingerprint density at radius 2 is 1.92 bits per heavy atom. The lowest BCUT2D eigenvalue weighted by Gasteiger charge is -2.11. The van der Waals surface area contributed by atoms with Gasteiger partial charge in [-0.3, -0.25) is 4.99 Å². The van der Waals surface area contributed by atoms with Crippen LogP contribution in [-0.2, 0) is 16.0 Å². The number of unbranched alkanes of at least 4 members (excludes halogenated alkanes) is 1. The van der Waals surface area contributed by atoms with Crippen LogP contribution >= 0.6 is 35.3 Å². The van der Waals surface area contributed by atoms with E-state index in [0.717, 1.165) is 36.2 Å². The first-order valence-corrected chi connectivity index (χ1v) is 9.27. The topological polar surface area (TPSA) is 71.0 Å². The molecule has 0 bridgehead atoms. The van der Waals surface area contributed by atoms with E-state index in [1.54, 1.807) is 18.4 Å². The molecule has 0 saturated carbocycles. The van der Waals surface area contributed by atoms with Gasteiger partial charge in [-0.05, 0) is 6.42 Å². The van der Waals surface area contributed by atoms with Gasteiger partial charge in [0.05, 0.1) is 32.1 Å². The highest BCUT2D eigenvalue weighted by Gasteiger charge is 2.04. The number of hydrogen-bond acceptors (Lipinski definition) is 6. The van der Waals surface area contributed by atoms with Crippen molar-refractivity contribution >= 4 is 46.4 Å². The predicted molar refractivity (Wildman–Crippen MR) is 117 cm³/mol. The molecule has 7 nitrogen and oxygen atoms in total. The molecule has 2 N–H and O–H groups in total. The fourth-order valence-electron chi connectivity index (χ4n) is 1.79. The molecule has 1 rings (SSSR count). The van der Waals surface area contributed by atoms with E-state index in [4.69, 9.17) is 9.47 Å². The second kappa shape index (κ2) is 15.6.